The van der Waals surface area contributed by atoms with E-state index in [4.69, 9.17) is 9.40 Å². The lowest BCUT2D eigenvalue weighted by atomic mass is 9.47. The molecule has 37 heavy (non-hydrogen) atoms. The molecule has 2 aliphatic carbocycles. The van der Waals surface area contributed by atoms with E-state index in [0.29, 0.717) is 30.9 Å². The second-order valence-electron chi connectivity index (χ2n) is 10.6. The zero-order valence-corrected chi connectivity index (χ0v) is 21.8. The molecule has 2 amide bonds. The average Bonchev–Trinajstić information content (AvgIpc) is 3.57. The van der Waals surface area contributed by atoms with Crippen molar-refractivity contribution in [3.8, 4) is 0 Å². The molecule has 0 aliphatic heterocycles. The summed E-state index contributed by atoms with van der Waals surface area (Å²) < 4.78 is 5.21. The van der Waals surface area contributed by atoms with Crippen molar-refractivity contribution < 1.29 is 24.2 Å². The number of hydrogen-bond donors (Lipinski definition) is 4. The molecule has 1 fully saturated rings. The van der Waals surface area contributed by atoms with Crippen LogP contribution >= 0.6 is 11.3 Å². The lowest BCUT2D eigenvalue weighted by molar-refractivity contribution is -0.144. The van der Waals surface area contributed by atoms with Gasteiger partial charge in [0.15, 0.2) is 10.9 Å². The zero-order chi connectivity index (χ0) is 26.2. The lowest BCUT2D eigenvalue weighted by Crippen LogP contribution is -2.57. The highest BCUT2D eigenvalue weighted by Gasteiger charge is 2.59. The number of rotatable bonds is 7. The summed E-state index contributed by atoms with van der Waals surface area (Å²) in [5, 5.41) is 27.6. The molecule has 0 radical (unpaired) electrons. The van der Waals surface area contributed by atoms with Crippen molar-refractivity contribution in [1.82, 2.24) is 15.3 Å². The molecule has 3 aromatic heterocycles. The van der Waals surface area contributed by atoms with Crippen LogP contribution in [0.25, 0.3) is 0 Å². The van der Waals surface area contributed by atoms with Crippen LogP contribution in [0, 0.1) is 16.7 Å². The van der Waals surface area contributed by atoms with Gasteiger partial charge in [0.25, 0.3) is 5.91 Å². The summed E-state index contributed by atoms with van der Waals surface area (Å²) in [7, 11) is 0. The van der Waals surface area contributed by atoms with Crippen molar-refractivity contribution in [2.75, 3.05) is 11.9 Å². The summed E-state index contributed by atoms with van der Waals surface area (Å²) in [5.41, 5.74) is 0.642. The Hall–Kier alpha value is -3.08. The van der Waals surface area contributed by atoms with Gasteiger partial charge in [-0.05, 0) is 54.4 Å². The maximum atomic E-state index is 13.2. The highest BCUT2D eigenvalue weighted by atomic mass is 32.1. The number of amides is 2. The van der Waals surface area contributed by atoms with Crippen LogP contribution in [-0.4, -0.2) is 44.7 Å². The summed E-state index contributed by atoms with van der Waals surface area (Å²) in [6.07, 6.45) is 6.29. The normalized spacial score (nSPS) is 28.7. The van der Waals surface area contributed by atoms with Crippen molar-refractivity contribution in [2.24, 2.45) is 16.7 Å². The Morgan fingerprint density at radius 3 is 2.81 bits per heavy atom. The van der Waals surface area contributed by atoms with Gasteiger partial charge in [0.2, 0.25) is 5.91 Å². The van der Waals surface area contributed by atoms with Crippen LogP contribution in [0.2, 0.25) is 0 Å². The maximum Gasteiger partial charge on any atom is 0.293 e. The predicted octanol–water partition coefficient (Wildman–Crippen LogP) is 3.51. The van der Waals surface area contributed by atoms with Crippen molar-refractivity contribution in [2.45, 2.75) is 58.1 Å². The Bertz CT molecular complexity index is 1260. The van der Waals surface area contributed by atoms with Gasteiger partial charge in [-0.25, -0.2) is 4.98 Å². The molecule has 196 valence electrons. The Balaban J connectivity index is 1.45. The van der Waals surface area contributed by atoms with Gasteiger partial charge in [0, 0.05) is 41.6 Å². The second-order valence-corrected chi connectivity index (χ2v) is 11.7. The molecule has 5 atom stereocenters. The molecule has 2 aliphatic rings. The molecule has 0 bridgehead atoms. The number of carbonyl (C=O) groups excluding carboxylic acids is 2. The Labute approximate surface area is 219 Å². The molecule has 5 unspecified atom stereocenters. The van der Waals surface area contributed by atoms with Gasteiger partial charge < -0.3 is 19.9 Å². The third kappa shape index (κ3) is 4.69. The fourth-order valence-corrected chi connectivity index (χ4v) is 7.29. The van der Waals surface area contributed by atoms with Crippen LogP contribution in [0.1, 0.15) is 65.7 Å². The number of thiazole rings is 1. The van der Waals surface area contributed by atoms with Gasteiger partial charge in [-0.1, -0.05) is 19.9 Å². The van der Waals surface area contributed by atoms with Crippen molar-refractivity contribution >= 4 is 28.3 Å². The summed E-state index contributed by atoms with van der Waals surface area (Å²) in [5.74, 6) is -0.602. The molecule has 9 nitrogen and oxygen atoms in total. The molecular weight excluding hydrogens is 492 g/mol. The fraction of sp³-hybridized carbons (Fsp3) is 0.481. The minimum absolute atomic E-state index is 0.0635. The van der Waals surface area contributed by atoms with Gasteiger partial charge in [-0.15, -0.1) is 11.3 Å². The van der Waals surface area contributed by atoms with Gasteiger partial charge in [0.1, 0.15) is 0 Å². The van der Waals surface area contributed by atoms with E-state index >= 15 is 0 Å². The number of fused-ring (bicyclic) bond motifs is 2. The number of furan rings is 1. The van der Waals surface area contributed by atoms with Gasteiger partial charge in [0.05, 0.1) is 24.7 Å². The number of aliphatic hydroxyl groups excluding tert-OH is 2. The van der Waals surface area contributed by atoms with Crippen LogP contribution in [0.15, 0.2) is 47.3 Å². The first-order valence-electron chi connectivity index (χ1n) is 12.5. The smallest absolute Gasteiger partial charge is 0.293 e. The van der Waals surface area contributed by atoms with E-state index in [1.165, 1.54) is 17.6 Å². The van der Waals surface area contributed by atoms with Crippen LogP contribution in [-0.2, 0) is 17.8 Å². The number of nitrogens with one attached hydrogen (secondary N) is 2. The number of hydrogen-bond acceptors (Lipinski definition) is 8. The molecule has 10 heteroatoms. The quantitative estimate of drug-likeness (QED) is 0.371. The van der Waals surface area contributed by atoms with Gasteiger partial charge in [-0.2, -0.15) is 0 Å². The first kappa shape index (κ1) is 25.6. The minimum Gasteiger partial charge on any atom is -0.459 e. The molecule has 1 saturated carbocycles. The topological polar surface area (TPSA) is 138 Å². The summed E-state index contributed by atoms with van der Waals surface area (Å²) in [6, 6.07) is 6.97. The first-order chi connectivity index (χ1) is 17.7. The molecule has 0 aromatic carbocycles. The zero-order valence-electron chi connectivity index (χ0n) is 20.9. The lowest BCUT2D eigenvalue weighted by Gasteiger charge is -2.58. The predicted molar refractivity (Wildman–Crippen MR) is 138 cm³/mol. The number of anilines is 1. The van der Waals surface area contributed by atoms with Gasteiger partial charge in [-0.3, -0.25) is 19.9 Å². The number of aliphatic hydroxyl groups is 2. The second kappa shape index (κ2) is 10.00. The van der Waals surface area contributed by atoms with Crippen LogP contribution < -0.4 is 10.6 Å². The van der Waals surface area contributed by atoms with E-state index in [-0.39, 0.29) is 47.9 Å². The SMILES string of the molecule is CC1(CO)C(O)CCC2(C)C(CC(=O)NCc3cccnc3)c3nc(NC(=O)c4ccco4)sc3CC12. The van der Waals surface area contributed by atoms with E-state index < -0.39 is 11.5 Å². The largest absolute Gasteiger partial charge is 0.459 e. The molecule has 3 heterocycles. The summed E-state index contributed by atoms with van der Waals surface area (Å²) in [4.78, 5) is 35.7. The minimum atomic E-state index is -0.712. The molecular formula is C27H32N4O5S. The van der Waals surface area contributed by atoms with Crippen molar-refractivity contribution in [3.63, 3.8) is 0 Å². The Kier molecular flexibility index (Phi) is 6.91. The Morgan fingerprint density at radius 1 is 1.27 bits per heavy atom. The summed E-state index contributed by atoms with van der Waals surface area (Å²) in [6.45, 7) is 4.32. The molecule has 0 spiro atoms. The maximum absolute atomic E-state index is 13.2. The third-order valence-electron chi connectivity index (χ3n) is 8.46. The molecule has 5 rings (SSSR count). The van der Waals surface area contributed by atoms with Crippen molar-refractivity contribution in [3.05, 3.63) is 64.8 Å². The average molecular weight is 525 g/mol. The van der Waals surface area contributed by atoms with Crippen LogP contribution in [0.3, 0.4) is 0 Å². The first-order valence-corrected chi connectivity index (χ1v) is 13.3. The highest BCUT2D eigenvalue weighted by molar-refractivity contribution is 7.15. The fourth-order valence-electron chi connectivity index (χ4n) is 6.23. The number of aromatic nitrogens is 2. The van der Waals surface area contributed by atoms with Crippen molar-refractivity contribution in [1.29, 1.82) is 0 Å². The third-order valence-corrected chi connectivity index (χ3v) is 9.47. The van der Waals surface area contributed by atoms with Crippen LogP contribution in [0.4, 0.5) is 5.13 Å². The van der Waals surface area contributed by atoms with E-state index in [2.05, 4.69) is 22.5 Å². The number of nitrogens with zero attached hydrogens (tertiary/aromatic N) is 2. The molecule has 4 N–H and O–H groups in total. The van der Waals surface area contributed by atoms with Crippen LogP contribution in [0.5, 0.6) is 0 Å². The Morgan fingerprint density at radius 2 is 2.11 bits per heavy atom. The standard InChI is InChI=1S/C27H32N4O5S/c1-26-8-7-21(33)27(2,15-32)20(26)12-19-23(30-25(37-19)31-24(35)18-6-4-10-36-18)17(26)11-22(34)29-14-16-5-3-9-28-13-16/h3-6,9-10,13,17,20-21,32-33H,7-8,11-12,14-15H2,1-2H3,(H,29,34)(H,30,31,35). The van der Waals surface area contributed by atoms with E-state index in [1.54, 1.807) is 24.5 Å². The number of carbonyl (C=O) groups is 2. The summed E-state index contributed by atoms with van der Waals surface area (Å²) >= 11 is 1.38. The molecule has 3 aromatic rings. The molecule has 0 saturated heterocycles. The highest BCUT2D eigenvalue weighted by Crippen LogP contribution is 2.62. The number of pyridine rings is 1. The van der Waals surface area contributed by atoms with Gasteiger partial charge >= 0.3 is 0 Å². The van der Waals surface area contributed by atoms with E-state index in [9.17, 15) is 19.8 Å². The van der Waals surface area contributed by atoms with E-state index in [0.717, 1.165) is 16.1 Å². The van der Waals surface area contributed by atoms with E-state index in [1.807, 2.05) is 19.1 Å². The monoisotopic (exact) mass is 524 g/mol.